The van der Waals surface area contributed by atoms with Crippen molar-refractivity contribution in [2.45, 2.75) is 19.8 Å². The molecule has 0 fully saturated rings. The van der Waals surface area contributed by atoms with Crippen molar-refractivity contribution in [3.8, 4) is 0 Å². The Morgan fingerprint density at radius 1 is 1.16 bits per heavy atom. The van der Waals surface area contributed by atoms with Gasteiger partial charge in [-0.3, -0.25) is 4.79 Å². The van der Waals surface area contributed by atoms with Crippen LogP contribution in [-0.4, -0.2) is 10.9 Å². The SMILES string of the molecule is Cc1cccc(Cc2cnc(NC(=O)Cc3c(Cl)cccc3Cl)s2)c1. The van der Waals surface area contributed by atoms with E-state index in [9.17, 15) is 4.79 Å². The molecule has 0 atom stereocenters. The van der Waals surface area contributed by atoms with Crippen LogP contribution in [0.5, 0.6) is 0 Å². The van der Waals surface area contributed by atoms with Crippen molar-refractivity contribution in [3.05, 3.63) is 80.3 Å². The zero-order valence-corrected chi connectivity index (χ0v) is 15.9. The number of thiazole rings is 1. The maximum absolute atomic E-state index is 12.2. The first-order chi connectivity index (χ1) is 12.0. The maximum Gasteiger partial charge on any atom is 0.230 e. The number of carbonyl (C=O) groups excluding carboxylic acids is 1. The standard InChI is InChI=1S/C19H16Cl2N2OS/c1-12-4-2-5-13(8-12)9-14-11-22-19(25-14)23-18(24)10-15-16(20)6-3-7-17(15)21/h2-8,11H,9-10H2,1H3,(H,22,23,24). The van der Waals surface area contributed by atoms with Crippen molar-refractivity contribution in [3.63, 3.8) is 0 Å². The number of halogens is 2. The van der Waals surface area contributed by atoms with Crippen LogP contribution in [-0.2, 0) is 17.6 Å². The molecule has 25 heavy (non-hydrogen) atoms. The third-order valence-electron chi connectivity index (χ3n) is 3.66. The van der Waals surface area contributed by atoms with Crippen LogP contribution in [0.4, 0.5) is 5.13 Å². The van der Waals surface area contributed by atoms with E-state index in [2.05, 4.69) is 35.4 Å². The molecule has 0 saturated carbocycles. The summed E-state index contributed by atoms with van der Waals surface area (Å²) in [6.07, 6.45) is 2.71. The van der Waals surface area contributed by atoms with Gasteiger partial charge in [0.1, 0.15) is 0 Å². The minimum absolute atomic E-state index is 0.116. The first kappa shape index (κ1) is 17.9. The molecule has 1 N–H and O–H groups in total. The van der Waals surface area contributed by atoms with Gasteiger partial charge in [-0.2, -0.15) is 0 Å². The van der Waals surface area contributed by atoms with Gasteiger partial charge in [0.05, 0.1) is 6.42 Å². The maximum atomic E-state index is 12.2. The molecule has 0 aliphatic carbocycles. The Hall–Kier alpha value is -1.88. The highest BCUT2D eigenvalue weighted by atomic mass is 35.5. The average Bonchev–Trinajstić information content (AvgIpc) is 2.98. The molecular weight excluding hydrogens is 375 g/mol. The number of hydrogen-bond donors (Lipinski definition) is 1. The lowest BCUT2D eigenvalue weighted by atomic mass is 10.1. The second-order valence-electron chi connectivity index (χ2n) is 5.72. The van der Waals surface area contributed by atoms with E-state index in [1.807, 2.05) is 6.07 Å². The molecule has 0 aliphatic heterocycles. The molecule has 3 rings (SSSR count). The van der Waals surface area contributed by atoms with Crippen molar-refractivity contribution < 1.29 is 4.79 Å². The highest BCUT2D eigenvalue weighted by molar-refractivity contribution is 7.15. The number of anilines is 1. The summed E-state index contributed by atoms with van der Waals surface area (Å²) >= 11 is 13.7. The van der Waals surface area contributed by atoms with Crippen LogP contribution in [0.15, 0.2) is 48.7 Å². The molecule has 0 aliphatic rings. The summed E-state index contributed by atoms with van der Waals surface area (Å²) in [6.45, 7) is 2.07. The molecule has 1 amide bonds. The lowest BCUT2D eigenvalue weighted by Gasteiger charge is -2.06. The number of aromatic nitrogens is 1. The van der Waals surface area contributed by atoms with Gasteiger partial charge in [0.15, 0.2) is 5.13 Å². The van der Waals surface area contributed by atoms with Gasteiger partial charge in [0, 0.05) is 27.5 Å². The van der Waals surface area contributed by atoms with Crippen molar-refractivity contribution in [1.82, 2.24) is 4.98 Å². The molecule has 3 aromatic rings. The van der Waals surface area contributed by atoms with Gasteiger partial charge >= 0.3 is 0 Å². The van der Waals surface area contributed by atoms with Crippen molar-refractivity contribution in [2.75, 3.05) is 5.32 Å². The van der Waals surface area contributed by atoms with E-state index >= 15 is 0 Å². The third kappa shape index (κ3) is 4.82. The Balaban J connectivity index is 1.64. The molecule has 0 unspecified atom stereocenters. The van der Waals surface area contributed by atoms with Gasteiger partial charge < -0.3 is 5.32 Å². The van der Waals surface area contributed by atoms with E-state index in [1.54, 1.807) is 24.4 Å². The monoisotopic (exact) mass is 390 g/mol. The minimum atomic E-state index is -0.188. The predicted molar refractivity (Wildman–Crippen MR) is 105 cm³/mol. The van der Waals surface area contributed by atoms with Gasteiger partial charge in [0.2, 0.25) is 5.91 Å². The van der Waals surface area contributed by atoms with Gasteiger partial charge in [-0.1, -0.05) is 59.1 Å². The highest BCUT2D eigenvalue weighted by Gasteiger charge is 2.12. The number of rotatable bonds is 5. The number of carbonyl (C=O) groups is 1. The van der Waals surface area contributed by atoms with Crippen LogP contribution < -0.4 is 5.32 Å². The molecule has 0 saturated heterocycles. The van der Waals surface area contributed by atoms with E-state index < -0.39 is 0 Å². The van der Waals surface area contributed by atoms with E-state index in [1.165, 1.54) is 22.5 Å². The third-order valence-corrected chi connectivity index (χ3v) is 5.28. The Kier molecular flexibility index (Phi) is 5.74. The summed E-state index contributed by atoms with van der Waals surface area (Å²) in [5, 5.41) is 4.37. The Morgan fingerprint density at radius 2 is 1.88 bits per heavy atom. The second kappa shape index (κ2) is 8.00. The number of hydrogen-bond acceptors (Lipinski definition) is 3. The van der Waals surface area contributed by atoms with Crippen LogP contribution in [0.1, 0.15) is 21.6 Å². The van der Waals surface area contributed by atoms with E-state index in [0.717, 1.165) is 11.3 Å². The first-order valence-electron chi connectivity index (χ1n) is 7.74. The molecule has 3 nitrogen and oxygen atoms in total. The van der Waals surface area contributed by atoms with Crippen LogP contribution in [0.25, 0.3) is 0 Å². The normalized spacial score (nSPS) is 10.7. The summed E-state index contributed by atoms with van der Waals surface area (Å²) < 4.78 is 0. The average molecular weight is 391 g/mol. The van der Waals surface area contributed by atoms with E-state index in [-0.39, 0.29) is 12.3 Å². The molecule has 6 heteroatoms. The molecule has 1 heterocycles. The molecule has 0 radical (unpaired) electrons. The van der Waals surface area contributed by atoms with Gasteiger partial charge in [-0.05, 0) is 30.2 Å². The second-order valence-corrected chi connectivity index (χ2v) is 7.65. The van der Waals surface area contributed by atoms with Crippen molar-refractivity contribution in [1.29, 1.82) is 0 Å². The molecule has 128 valence electrons. The van der Waals surface area contributed by atoms with E-state index in [4.69, 9.17) is 23.2 Å². The van der Waals surface area contributed by atoms with Crippen molar-refractivity contribution in [2.24, 2.45) is 0 Å². The Morgan fingerprint density at radius 3 is 2.60 bits per heavy atom. The molecule has 1 aromatic heterocycles. The zero-order chi connectivity index (χ0) is 17.8. The summed E-state index contributed by atoms with van der Waals surface area (Å²) in [7, 11) is 0. The largest absolute Gasteiger partial charge is 0.302 e. The number of nitrogens with zero attached hydrogens (tertiary/aromatic N) is 1. The first-order valence-corrected chi connectivity index (χ1v) is 9.31. The summed E-state index contributed by atoms with van der Waals surface area (Å²) in [5.41, 5.74) is 3.08. The lowest BCUT2D eigenvalue weighted by molar-refractivity contribution is -0.115. The zero-order valence-electron chi connectivity index (χ0n) is 13.6. The topological polar surface area (TPSA) is 42.0 Å². The Labute approximate surface area is 160 Å². The lowest BCUT2D eigenvalue weighted by Crippen LogP contribution is -2.14. The number of nitrogens with one attached hydrogen (secondary N) is 1. The van der Waals surface area contributed by atoms with Gasteiger partial charge in [0.25, 0.3) is 0 Å². The van der Waals surface area contributed by atoms with Crippen LogP contribution in [0, 0.1) is 6.92 Å². The smallest absolute Gasteiger partial charge is 0.230 e. The summed E-state index contributed by atoms with van der Waals surface area (Å²) in [6, 6.07) is 13.6. The fourth-order valence-electron chi connectivity index (χ4n) is 2.50. The van der Waals surface area contributed by atoms with Gasteiger partial charge in [-0.25, -0.2) is 4.98 Å². The highest BCUT2D eigenvalue weighted by Crippen LogP contribution is 2.26. The molecule has 0 bridgehead atoms. The molecule has 2 aromatic carbocycles. The quantitative estimate of drug-likeness (QED) is 0.621. The molecule has 0 spiro atoms. The number of amides is 1. The van der Waals surface area contributed by atoms with Crippen LogP contribution in [0.2, 0.25) is 10.0 Å². The van der Waals surface area contributed by atoms with Crippen LogP contribution in [0.3, 0.4) is 0 Å². The fraction of sp³-hybridized carbons (Fsp3) is 0.158. The van der Waals surface area contributed by atoms with Crippen molar-refractivity contribution >= 4 is 45.6 Å². The Bertz CT molecular complexity index is 888. The minimum Gasteiger partial charge on any atom is -0.302 e. The predicted octanol–water partition coefficient (Wildman–Crippen LogP) is 5.53. The van der Waals surface area contributed by atoms with Crippen LogP contribution >= 0.6 is 34.5 Å². The molecular formula is C19H16Cl2N2OS. The number of benzene rings is 2. The summed E-state index contributed by atoms with van der Waals surface area (Å²) in [5.74, 6) is -0.188. The fourth-order valence-corrected chi connectivity index (χ4v) is 3.89. The van der Waals surface area contributed by atoms with Gasteiger partial charge in [-0.15, -0.1) is 11.3 Å². The summed E-state index contributed by atoms with van der Waals surface area (Å²) in [4.78, 5) is 17.6. The number of aryl methyl sites for hydroxylation is 1. The van der Waals surface area contributed by atoms with E-state index in [0.29, 0.717) is 20.7 Å².